The molecule has 0 aliphatic carbocycles. The number of hydrogen-bond acceptors (Lipinski definition) is 3. The van der Waals surface area contributed by atoms with Gasteiger partial charge in [-0.05, 0) is 18.6 Å². The molecule has 0 aliphatic heterocycles. The molecule has 0 bridgehead atoms. The minimum absolute atomic E-state index is 0.144. The van der Waals surface area contributed by atoms with E-state index in [9.17, 15) is 4.79 Å². The van der Waals surface area contributed by atoms with Crippen molar-refractivity contribution in [2.75, 3.05) is 0 Å². The molecule has 15 heavy (non-hydrogen) atoms. The molecule has 2 aromatic heterocycles. The van der Waals surface area contributed by atoms with Crippen LogP contribution in [-0.2, 0) is 6.42 Å². The fraction of sp³-hybridized carbons (Fsp3) is 0.182. The highest BCUT2D eigenvalue weighted by molar-refractivity contribution is 5.42. The van der Waals surface area contributed by atoms with Crippen molar-refractivity contribution in [1.82, 2.24) is 9.38 Å². The molecule has 0 N–H and O–H groups in total. The van der Waals surface area contributed by atoms with E-state index in [1.54, 1.807) is 12.1 Å². The Morgan fingerprint density at radius 1 is 1.53 bits per heavy atom. The molecule has 2 aromatic rings. The van der Waals surface area contributed by atoms with Gasteiger partial charge < -0.3 is 0 Å². The fourth-order valence-corrected chi connectivity index (χ4v) is 1.40. The Hall–Kier alpha value is -2.15. The van der Waals surface area contributed by atoms with Crippen molar-refractivity contribution >= 4 is 5.65 Å². The van der Waals surface area contributed by atoms with Crippen molar-refractivity contribution in [3.8, 4) is 6.07 Å². The van der Waals surface area contributed by atoms with Gasteiger partial charge in [0, 0.05) is 18.0 Å². The van der Waals surface area contributed by atoms with E-state index in [0.717, 1.165) is 12.1 Å². The first-order valence-electron chi connectivity index (χ1n) is 4.67. The molecule has 0 aromatic carbocycles. The van der Waals surface area contributed by atoms with Crippen molar-refractivity contribution in [1.29, 1.82) is 5.26 Å². The van der Waals surface area contributed by atoms with Crippen LogP contribution in [0.4, 0.5) is 0 Å². The number of hydrogen-bond donors (Lipinski definition) is 0. The van der Waals surface area contributed by atoms with Crippen molar-refractivity contribution in [3.05, 3.63) is 46.0 Å². The highest BCUT2D eigenvalue weighted by atomic mass is 16.1. The maximum absolute atomic E-state index is 11.6. The molecule has 4 nitrogen and oxygen atoms in total. The van der Waals surface area contributed by atoms with Crippen LogP contribution in [0.25, 0.3) is 5.65 Å². The minimum Gasteiger partial charge on any atom is -0.269 e. The van der Waals surface area contributed by atoms with Crippen molar-refractivity contribution < 1.29 is 0 Å². The summed E-state index contributed by atoms with van der Waals surface area (Å²) in [6.07, 6.45) is 2.23. The summed E-state index contributed by atoms with van der Waals surface area (Å²) in [5, 5.41) is 8.70. The van der Waals surface area contributed by atoms with Gasteiger partial charge in [-0.25, -0.2) is 4.98 Å². The minimum atomic E-state index is -0.144. The van der Waals surface area contributed by atoms with E-state index in [4.69, 9.17) is 5.26 Å². The highest BCUT2D eigenvalue weighted by Gasteiger charge is 2.01. The highest BCUT2D eigenvalue weighted by Crippen LogP contribution is 2.02. The van der Waals surface area contributed by atoms with Gasteiger partial charge in [0.05, 0.1) is 5.56 Å². The molecule has 2 heterocycles. The summed E-state index contributed by atoms with van der Waals surface area (Å²) in [4.78, 5) is 15.9. The van der Waals surface area contributed by atoms with Gasteiger partial charge in [0.25, 0.3) is 5.56 Å². The average molecular weight is 199 g/mol. The Bertz CT molecular complexity index is 607. The van der Waals surface area contributed by atoms with E-state index >= 15 is 0 Å². The lowest BCUT2D eigenvalue weighted by Crippen LogP contribution is -2.15. The third-order valence-electron chi connectivity index (χ3n) is 2.20. The largest absolute Gasteiger partial charge is 0.269 e. The normalized spacial score (nSPS) is 10.1. The van der Waals surface area contributed by atoms with E-state index in [2.05, 4.69) is 4.98 Å². The van der Waals surface area contributed by atoms with Gasteiger partial charge in [0.1, 0.15) is 11.7 Å². The number of aromatic nitrogens is 2. The third kappa shape index (κ3) is 1.59. The Morgan fingerprint density at radius 3 is 3.00 bits per heavy atom. The Balaban J connectivity index is 2.81. The summed E-state index contributed by atoms with van der Waals surface area (Å²) in [5.41, 5.74) is 1.66. The lowest BCUT2D eigenvalue weighted by molar-refractivity contribution is 0.963. The molecule has 0 saturated carbocycles. The summed E-state index contributed by atoms with van der Waals surface area (Å²) < 4.78 is 1.39. The summed E-state index contributed by atoms with van der Waals surface area (Å²) in [5.74, 6) is 0. The quantitative estimate of drug-likeness (QED) is 0.691. The predicted molar refractivity (Wildman–Crippen MR) is 55.6 cm³/mol. The van der Waals surface area contributed by atoms with Crippen LogP contribution in [0, 0.1) is 11.3 Å². The zero-order chi connectivity index (χ0) is 10.8. The fourth-order valence-electron chi connectivity index (χ4n) is 1.40. The first-order chi connectivity index (χ1) is 7.24. The molecule has 4 heteroatoms. The second-order valence-electron chi connectivity index (χ2n) is 3.20. The summed E-state index contributed by atoms with van der Waals surface area (Å²) >= 11 is 0. The number of fused-ring (bicyclic) bond motifs is 1. The van der Waals surface area contributed by atoms with Crippen LogP contribution in [0.3, 0.4) is 0 Å². The lowest BCUT2D eigenvalue weighted by Gasteiger charge is -2.01. The number of nitrogens with zero attached hydrogens (tertiary/aromatic N) is 3. The molecule has 0 unspecified atom stereocenters. The van der Waals surface area contributed by atoms with Gasteiger partial charge in [-0.1, -0.05) is 6.92 Å². The maximum Gasteiger partial charge on any atom is 0.258 e. The summed E-state index contributed by atoms with van der Waals surface area (Å²) in [6, 6.07) is 6.82. The summed E-state index contributed by atoms with van der Waals surface area (Å²) in [7, 11) is 0. The topological polar surface area (TPSA) is 58.2 Å². The van der Waals surface area contributed by atoms with Gasteiger partial charge in [-0.3, -0.25) is 9.20 Å². The van der Waals surface area contributed by atoms with Crippen LogP contribution in [0.1, 0.15) is 18.2 Å². The van der Waals surface area contributed by atoms with E-state index in [1.165, 1.54) is 16.7 Å². The van der Waals surface area contributed by atoms with Crippen LogP contribution in [0.5, 0.6) is 0 Å². The number of nitriles is 1. The molecule has 0 fully saturated rings. The Labute approximate surface area is 86.4 Å². The molecule has 2 rings (SSSR count). The zero-order valence-corrected chi connectivity index (χ0v) is 8.27. The van der Waals surface area contributed by atoms with Gasteiger partial charge in [-0.15, -0.1) is 0 Å². The number of rotatable bonds is 1. The van der Waals surface area contributed by atoms with E-state index < -0.39 is 0 Å². The first kappa shape index (κ1) is 9.41. The van der Waals surface area contributed by atoms with Crippen LogP contribution in [0.2, 0.25) is 0 Å². The molecule has 0 radical (unpaired) electrons. The van der Waals surface area contributed by atoms with Crippen LogP contribution in [0.15, 0.2) is 29.2 Å². The molecular formula is C11H9N3O. The van der Waals surface area contributed by atoms with E-state index in [0.29, 0.717) is 11.2 Å². The molecular weight excluding hydrogens is 190 g/mol. The SMILES string of the molecule is CCc1cc(=O)n2cc(C#N)ccc2n1. The zero-order valence-electron chi connectivity index (χ0n) is 8.27. The van der Waals surface area contributed by atoms with Crippen LogP contribution < -0.4 is 5.56 Å². The second-order valence-corrected chi connectivity index (χ2v) is 3.20. The average Bonchev–Trinajstić information content (AvgIpc) is 2.28. The third-order valence-corrected chi connectivity index (χ3v) is 2.20. The molecule has 74 valence electrons. The molecule has 0 atom stereocenters. The summed E-state index contributed by atoms with van der Waals surface area (Å²) in [6.45, 7) is 1.95. The predicted octanol–water partition coefficient (Wildman–Crippen LogP) is 1.13. The van der Waals surface area contributed by atoms with E-state index in [-0.39, 0.29) is 5.56 Å². The standard InChI is InChI=1S/C11H9N3O/c1-2-9-5-11(15)14-7-8(6-12)3-4-10(14)13-9/h3-5,7H,2H2,1H3. The van der Waals surface area contributed by atoms with E-state index in [1.807, 2.05) is 13.0 Å². The van der Waals surface area contributed by atoms with Gasteiger partial charge in [0.15, 0.2) is 0 Å². The maximum atomic E-state index is 11.6. The molecule has 0 saturated heterocycles. The lowest BCUT2D eigenvalue weighted by atomic mass is 10.3. The van der Waals surface area contributed by atoms with Crippen LogP contribution >= 0.6 is 0 Å². The van der Waals surface area contributed by atoms with Crippen molar-refractivity contribution in [2.45, 2.75) is 13.3 Å². The monoisotopic (exact) mass is 199 g/mol. The Kier molecular flexibility index (Phi) is 2.22. The first-order valence-corrected chi connectivity index (χ1v) is 4.67. The second kappa shape index (κ2) is 3.54. The van der Waals surface area contributed by atoms with Crippen molar-refractivity contribution in [3.63, 3.8) is 0 Å². The van der Waals surface area contributed by atoms with Gasteiger partial charge >= 0.3 is 0 Å². The van der Waals surface area contributed by atoms with Crippen LogP contribution in [-0.4, -0.2) is 9.38 Å². The Morgan fingerprint density at radius 2 is 2.33 bits per heavy atom. The number of aryl methyl sites for hydroxylation is 1. The van der Waals surface area contributed by atoms with Gasteiger partial charge in [-0.2, -0.15) is 5.26 Å². The smallest absolute Gasteiger partial charge is 0.258 e. The van der Waals surface area contributed by atoms with Crippen molar-refractivity contribution in [2.24, 2.45) is 0 Å². The molecule has 0 spiro atoms. The molecule has 0 aliphatic rings. The molecule has 0 amide bonds. The number of pyridine rings is 1. The van der Waals surface area contributed by atoms with Gasteiger partial charge in [0.2, 0.25) is 0 Å².